The Morgan fingerprint density at radius 1 is 1.04 bits per heavy atom. The molecule has 128 valence electrons. The summed E-state index contributed by atoms with van der Waals surface area (Å²) in [6, 6.07) is 14.4. The number of hydrogen-bond acceptors (Lipinski definition) is 4. The summed E-state index contributed by atoms with van der Waals surface area (Å²) in [5.41, 5.74) is 1.03. The zero-order chi connectivity index (χ0) is 17.0. The van der Waals surface area contributed by atoms with Gasteiger partial charge in [-0.3, -0.25) is 0 Å². The Balaban J connectivity index is 1.68. The molecule has 0 N–H and O–H groups in total. The van der Waals surface area contributed by atoms with Gasteiger partial charge in [0.05, 0.1) is 18.1 Å². The van der Waals surface area contributed by atoms with Gasteiger partial charge in [0.25, 0.3) is 0 Å². The summed E-state index contributed by atoms with van der Waals surface area (Å²) in [6.45, 7) is 2.07. The van der Waals surface area contributed by atoms with Gasteiger partial charge in [0, 0.05) is 23.1 Å². The van der Waals surface area contributed by atoms with Gasteiger partial charge in [-0.25, -0.2) is 8.42 Å². The van der Waals surface area contributed by atoms with Gasteiger partial charge in [0.15, 0.2) is 0 Å². The molecule has 1 fully saturated rings. The first kappa shape index (κ1) is 17.4. The molecule has 0 spiro atoms. The van der Waals surface area contributed by atoms with Gasteiger partial charge in [-0.1, -0.05) is 34.1 Å². The van der Waals surface area contributed by atoms with E-state index < -0.39 is 10.0 Å². The van der Waals surface area contributed by atoms with Crippen LogP contribution in [-0.4, -0.2) is 39.0 Å². The molecule has 3 rings (SSSR count). The smallest absolute Gasteiger partial charge is 0.243 e. The Morgan fingerprint density at radius 2 is 1.71 bits per heavy atom. The van der Waals surface area contributed by atoms with Crippen LogP contribution in [0.1, 0.15) is 5.56 Å². The maximum Gasteiger partial charge on any atom is 0.243 e. The molecule has 0 unspecified atom stereocenters. The number of rotatable bonds is 5. The van der Waals surface area contributed by atoms with Gasteiger partial charge in [-0.2, -0.15) is 4.31 Å². The molecule has 2 aromatic carbocycles. The first-order valence-corrected chi connectivity index (χ1v) is 9.85. The lowest BCUT2D eigenvalue weighted by Gasteiger charge is -2.26. The van der Waals surface area contributed by atoms with Crippen molar-refractivity contribution >= 4 is 26.0 Å². The molecular formula is C17H18BrNO4S. The van der Waals surface area contributed by atoms with Crippen LogP contribution in [0.15, 0.2) is 57.9 Å². The lowest BCUT2D eigenvalue weighted by atomic mass is 10.2. The first-order chi connectivity index (χ1) is 11.6. The van der Waals surface area contributed by atoms with Crippen LogP contribution in [-0.2, 0) is 21.4 Å². The van der Waals surface area contributed by atoms with Crippen LogP contribution in [0.4, 0.5) is 0 Å². The molecule has 0 aromatic heterocycles. The largest absolute Gasteiger partial charge is 0.489 e. The number of halogens is 1. The molecule has 0 aliphatic carbocycles. The highest BCUT2D eigenvalue weighted by Gasteiger charge is 2.26. The van der Waals surface area contributed by atoms with E-state index >= 15 is 0 Å². The number of morpholine rings is 1. The van der Waals surface area contributed by atoms with E-state index in [1.165, 1.54) is 4.31 Å². The van der Waals surface area contributed by atoms with Gasteiger partial charge >= 0.3 is 0 Å². The third kappa shape index (κ3) is 3.97. The molecule has 0 atom stereocenters. The van der Waals surface area contributed by atoms with E-state index in [0.29, 0.717) is 38.7 Å². The van der Waals surface area contributed by atoms with Crippen LogP contribution in [0.3, 0.4) is 0 Å². The van der Waals surface area contributed by atoms with E-state index in [2.05, 4.69) is 15.9 Å². The van der Waals surface area contributed by atoms with Crippen molar-refractivity contribution in [2.24, 2.45) is 0 Å². The number of benzene rings is 2. The maximum atomic E-state index is 12.5. The van der Waals surface area contributed by atoms with Gasteiger partial charge < -0.3 is 9.47 Å². The molecule has 1 aliphatic heterocycles. The summed E-state index contributed by atoms with van der Waals surface area (Å²) in [5.74, 6) is 0.631. The minimum atomic E-state index is -3.46. The van der Waals surface area contributed by atoms with Crippen LogP contribution >= 0.6 is 15.9 Å². The van der Waals surface area contributed by atoms with E-state index in [1.54, 1.807) is 24.3 Å². The summed E-state index contributed by atoms with van der Waals surface area (Å²) in [6.07, 6.45) is 0. The number of sulfonamides is 1. The fourth-order valence-corrected chi connectivity index (χ4v) is 4.23. The molecular weight excluding hydrogens is 394 g/mol. The van der Waals surface area contributed by atoms with Crippen molar-refractivity contribution in [1.82, 2.24) is 4.31 Å². The molecule has 5 nitrogen and oxygen atoms in total. The SMILES string of the molecule is O=S(=O)(c1ccc(OCc2ccccc2Br)cc1)N1CCOCC1. The van der Waals surface area contributed by atoms with E-state index in [9.17, 15) is 8.42 Å². The standard InChI is InChI=1S/C17H18BrNO4S/c18-17-4-2-1-3-14(17)13-23-15-5-7-16(8-6-15)24(20,21)19-9-11-22-12-10-19/h1-8H,9-13H2. The summed E-state index contributed by atoms with van der Waals surface area (Å²) >= 11 is 3.48. The summed E-state index contributed by atoms with van der Waals surface area (Å²) in [7, 11) is -3.46. The summed E-state index contributed by atoms with van der Waals surface area (Å²) in [4.78, 5) is 0.276. The monoisotopic (exact) mass is 411 g/mol. The molecule has 0 saturated carbocycles. The van der Waals surface area contributed by atoms with E-state index in [0.717, 1.165) is 10.0 Å². The molecule has 1 heterocycles. The Labute approximate surface area is 150 Å². The van der Waals surface area contributed by atoms with Crippen LogP contribution in [0.2, 0.25) is 0 Å². The van der Waals surface area contributed by atoms with E-state index in [-0.39, 0.29) is 4.90 Å². The molecule has 7 heteroatoms. The number of hydrogen-bond donors (Lipinski definition) is 0. The van der Waals surface area contributed by atoms with Crippen molar-refractivity contribution in [2.75, 3.05) is 26.3 Å². The van der Waals surface area contributed by atoms with Crippen molar-refractivity contribution in [3.63, 3.8) is 0 Å². The second kappa shape index (κ2) is 7.65. The normalized spacial score (nSPS) is 16.0. The minimum Gasteiger partial charge on any atom is -0.489 e. The highest BCUT2D eigenvalue weighted by Crippen LogP contribution is 2.22. The quantitative estimate of drug-likeness (QED) is 0.758. The minimum absolute atomic E-state index is 0.276. The predicted molar refractivity (Wildman–Crippen MR) is 94.5 cm³/mol. The van der Waals surface area contributed by atoms with Crippen LogP contribution in [0.5, 0.6) is 5.75 Å². The Kier molecular flexibility index (Phi) is 5.55. The Bertz CT molecular complexity index is 786. The van der Waals surface area contributed by atoms with Crippen LogP contribution < -0.4 is 4.74 Å². The third-order valence-corrected chi connectivity index (χ3v) is 6.47. The molecule has 1 aliphatic rings. The third-order valence-electron chi connectivity index (χ3n) is 3.78. The van der Waals surface area contributed by atoms with Crippen molar-refractivity contribution in [3.8, 4) is 5.75 Å². The van der Waals surface area contributed by atoms with Crippen LogP contribution in [0, 0.1) is 0 Å². The zero-order valence-electron chi connectivity index (χ0n) is 13.0. The van der Waals surface area contributed by atoms with Crippen molar-refractivity contribution in [1.29, 1.82) is 0 Å². The zero-order valence-corrected chi connectivity index (χ0v) is 15.4. The van der Waals surface area contributed by atoms with Crippen LogP contribution in [0.25, 0.3) is 0 Å². The lowest BCUT2D eigenvalue weighted by molar-refractivity contribution is 0.0730. The van der Waals surface area contributed by atoms with E-state index in [1.807, 2.05) is 24.3 Å². The van der Waals surface area contributed by atoms with Gasteiger partial charge in [-0.05, 0) is 30.3 Å². The maximum absolute atomic E-state index is 12.5. The van der Waals surface area contributed by atoms with Crippen molar-refractivity contribution in [2.45, 2.75) is 11.5 Å². The molecule has 24 heavy (non-hydrogen) atoms. The molecule has 0 radical (unpaired) electrons. The fraction of sp³-hybridized carbons (Fsp3) is 0.294. The van der Waals surface area contributed by atoms with Crippen molar-refractivity contribution in [3.05, 3.63) is 58.6 Å². The molecule has 2 aromatic rings. The highest BCUT2D eigenvalue weighted by atomic mass is 79.9. The Morgan fingerprint density at radius 3 is 2.38 bits per heavy atom. The van der Waals surface area contributed by atoms with Crippen molar-refractivity contribution < 1.29 is 17.9 Å². The molecule has 0 bridgehead atoms. The van der Waals surface area contributed by atoms with Gasteiger partial charge in [0.1, 0.15) is 12.4 Å². The Hall–Kier alpha value is -1.41. The molecule has 1 saturated heterocycles. The predicted octanol–water partition coefficient (Wildman–Crippen LogP) is 3.05. The van der Waals surface area contributed by atoms with Gasteiger partial charge in [0.2, 0.25) is 10.0 Å². The van der Waals surface area contributed by atoms with Gasteiger partial charge in [-0.15, -0.1) is 0 Å². The second-order valence-electron chi connectivity index (χ2n) is 5.37. The number of ether oxygens (including phenoxy) is 2. The first-order valence-electron chi connectivity index (χ1n) is 7.61. The summed E-state index contributed by atoms with van der Waals surface area (Å²) < 4.78 is 38.5. The average Bonchev–Trinajstić information content (AvgIpc) is 2.62. The second-order valence-corrected chi connectivity index (χ2v) is 8.16. The molecule has 0 amide bonds. The summed E-state index contributed by atoms with van der Waals surface area (Å²) in [5, 5.41) is 0. The average molecular weight is 412 g/mol. The highest BCUT2D eigenvalue weighted by molar-refractivity contribution is 9.10. The fourth-order valence-electron chi connectivity index (χ4n) is 2.42. The topological polar surface area (TPSA) is 55.8 Å². The lowest BCUT2D eigenvalue weighted by Crippen LogP contribution is -2.40. The number of nitrogens with zero attached hydrogens (tertiary/aromatic N) is 1. The van der Waals surface area contributed by atoms with E-state index in [4.69, 9.17) is 9.47 Å².